The number of rotatable bonds is 6. The summed E-state index contributed by atoms with van der Waals surface area (Å²) < 4.78 is 10.5. The van der Waals surface area contributed by atoms with Crippen LogP contribution in [0.5, 0.6) is 0 Å². The molecule has 0 saturated heterocycles. The van der Waals surface area contributed by atoms with E-state index in [1.54, 1.807) is 14.0 Å². The van der Waals surface area contributed by atoms with Gasteiger partial charge in [0.15, 0.2) is 5.78 Å². The van der Waals surface area contributed by atoms with Gasteiger partial charge in [-0.15, -0.1) is 0 Å². The molecule has 1 fully saturated rings. The second kappa shape index (κ2) is 6.96. The first kappa shape index (κ1) is 12.7. The Bertz CT molecular complexity index is 189. The van der Waals surface area contributed by atoms with Crippen molar-refractivity contribution in [2.24, 2.45) is 11.8 Å². The quantitative estimate of drug-likeness (QED) is 0.679. The molecule has 3 heteroatoms. The van der Waals surface area contributed by atoms with Crippen molar-refractivity contribution in [3.63, 3.8) is 0 Å². The van der Waals surface area contributed by atoms with Gasteiger partial charge in [0, 0.05) is 20.3 Å². The maximum absolute atomic E-state index is 10.7. The zero-order valence-electron chi connectivity index (χ0n) is 9.83. The molecule has 0 aromatic carbocycles. The van der Waals surface area contributed by atoms with E-state index in [1.807, 2.05) is 0 Å². The number of ether oxygens (including phenoxy) is 2. The molecule has 0 aromatic heterocycles. The summed E-state index contributed by atoms with van der Waals surface area (Å²) >= 11 is 0. The van der Waals surface area contributed by atoms with Crippen molar-refractivity contribution in [3.8, 4) is 0 Å². The van der Waals surface area contributed by atoms with E-state index in [-0.39, 0.29) is 12.4 Å². The van der Waals surface area contributed by atoms with Gasteiger partial charge in [-0.3, -0.25) is 4.79 Å². The van der Waals surface area contributed by atoms with Gasteiger partial charge in [-0.05, 0) is 38.0 Å². The zero-order valence-corrected chi connectivity index (χ0v) is 9.83. The van der Waals surface area contributed by atoms with Crippen LogP contribution in [0.2, 0.25) is 0 Å². The maximum Gasteiger partial charge on any atom is 0.155 e. The number of methoxy groups -OCH3 is 1. The van der Waals surface area contributed by atoms with Crippen molar-refractivity contribution in [1.29, 1.82) is 0 Å². The highest BCUT2D eigenvalue weighted by atomic mass is 16.5. The van der Waals surface area contributed by atoms with E-state index < -0.39 is 0 Å². The molecule has 1 saturated carbocycles. The van der Waals surface area contributed by atoms with Crippen LogP contribution in [0.25, 0.3) is 0 Å². The number of hydrogen-bond donors (Lipinski definition) is 0. The molecule has 1 aliphatic carbocycles. The second-order valence-electron chi connectivity index (χ2n) is 4.57. The van der Waals surface area contributed by atoms with Crippen molar-refractivity contribution in [1.82, 2.24) is 0 Å². The van der Waals surface area contributed by atoms with Crippen molar-refractivity contribution in [2.45, 2.75) is 32.6 Å². The first-order chi connectivity index (χ1) is 7.22. The van der Waals surface area contributed by atoms with Crippen LogP contribution in [0.3, 0.4) is 0 Å². The van der Waals surface area contributed by atoms with Gasteiger partial charge in [0.1, 0.15) is 6.61 Å². The van der Waals surface area contributed by atoms with Gasteiger partial charge in [-0.1, -0.05) is 6.42 Å². The summed E-state index contributed by atoms with van der Waals surface area (Å²) in [5.41, 5.74) is 0. The van der Waals surface area contributed by atoms with Gasteiger partial charge >= 0.3 is 0 Å². The second-order valence-corrected chi connectivity index (χ2v) is 4.57. The Labute approximate surface area is 92.1 Å². The standard InChI is InChI=1S/C12H22O3/c1-10(13)7-15-9-12-5-3-4-11(6-12)8-14-2/h11-12H,3-9H2,1-2H3/t11-,12+/m0/s1. The summed E-state index contributed by atoms with van der Waals surface area (Å²) in [7, 11) is 1.76. The van der Waals surface area contributed by atoms with Crippen molar-refractivity contribution < 1.29 is 14.3 Å². The molecule has 0 bridgehead atoms. The molecule has 2 atom stereocenters. The summed E-state index contributed by atoms with van der Waals surface area (Å²) in [6.45, 7) is 3.43. The van der Waals surface area contributed by atoms with E-state index in [2.05, 4.69) is 0 Å². The minimum absolute atomic E-state index is 0.110. The molecule has 88 valence electrons. The lowest BCUT2D eigenvalue weighted by atomic mass is 9.82. The number of ketones is 1. The molecular weight excluding hydrogens is 192 g/mol. The molecule has 0 radical (unpaired) electrons. The average molecular weight is 214 g/mol. The molecule has 1 rings (SSSR count). The van der Waals surface area contributed by atoms with Crippen LogP contribution in [0.1, 0.15) is 32.6 Å². The van der Waals surface area contributed by atoms with E-state index in [1.165, 1.54) is 25.7 Å². The van der Waals surface area contributed by atoms with Crippen LogP contribution in [0.4, 0.5) is 0 Å². The topological polar surface area (TPSA) is 35.5 Å². The van der Waals surface area contributed by atoms with Gasteiger partial charge in [-0.25, -0.2) is 0 Å². The summed E-state index contributed by atoms with van der Waals surface area (Å²) in [5, 5.41) is 0. The third-order valence-corrected chi connectivity index (χ3v) is 2.95. The lowest BCUT2D eigenvalue weighted by Gasteiger charge is -2.28. The van der Waals surface area contributed by atoms with Crippen LogP contribution >= 0.6 is 0 Å². The predicted molar refractivity (Wildman–Crippen MR) is 58.8 cm³/mol. The number of Topliss-reactive ketones (excluding diaryl/α,β-unsaturated/α-hetero) is 1. The van der Waals surface area contributed by atoms with E-state index in [9.17, 15) is 4.79 Å². The highest BCUT2D eigenvalue weighted by Gasteiger charge is 2.21. The van der Waals surface area contributed by atoms with Crippen molar-refractivity contribution >= 4 is 5.78 Å². The summed E-state index contributed by atoms with van der Waals surface area (Å²) in [4.78, 5) is 10.7. The highest BCUT2D eigenvalue weighted by molar-refractivity contribution is 5.76. The van der Waals surface area contributed by atoms with Crippen molar-refractivity contribution in [2.75, 3.05) is 26.9 Å². The predicted octanol–water partition coefficient (Wildman–Crippen LogP) is 2.04. The highest BCUT2D eigenvalue weighted by Crippen LogP contribution is 2.29. The molecule has 0 N–H and O–H groups in total. The van der Waals surface area contributed by atoms with Gasteiger partial charge in [0.05, 0.1) is 0 Å². The number of hydrogen-bond acceptors (Lipinski definition) is 3. The minimum atomic E-state index is 0.110. The zero-order chi connectivity index (χ0) is 11.1. The normalized spacial score (nSPS) is 26.5. The fourth-order valence-corrected chi connectivity index (χ4v) is 2.31. The summed E-state index contributed by atoms with van der Waals surface area (Å²) in [5.74, 6) is 1.42. The molecule has 0 spiro atoms. The van der Waals surface area contributed by atoms with E-state index in [4.69, 9.17) is 9.47 Å². The van der Waals surface area contributed by atoms with Gasteiger partial charge in [-0.2, -0.15) is 0 Å². The van der Waals surface area contributed by atoms with Gasteiger partial charge in [0.2, 0.25) is 0 Å². The maximum atomic E-state index is 10.7. The van der Waals surface area contributed by atoms with Crippen LogP contribution < -0.4 is 0 Å². The Morgan fingerprint density at radius 3 is 2.53 bits per heavy atom. The molecule has 3 nitrogen and oxygen atoms in total. The third-order valence-electron chi connectivity index (χ3n) is 2.95. The average Bonchev–Trinajstić information content (AvgIpc) is 2.18. The monoisotopic (exact) mass is 214 g/mol. The molecule has 0 aromatic rings. The lowest BCUT2D eigenvalue weighted by Crippen LogP contribution is -2.23. The van der Waals surface area contributed by atoms with E-state index in [0.29, 0.717) is 11.8 Å². The lowest BCUT2D eigenvalue weighted by molar-refractivity contribution is -0.122. The Balaban J connectivity index is 2.15. The Kier molecular flexibility index (Phi) is 5.88. The fraction of sp³-hybridized carbons (Fsp3) is 0.917. The first-order valence-electron chi connectivity index (χ1n) is 5.78. The van der Waals surface area contributed by atoms with E-state index >= 15 is 0 Å². The van der Waals surface area contributed by atoms with E-state index in [0.717, 1.165) is 13.2 Å². The van der Waals surface area contributed by atoms with Crippen LogP contribution in [-0.4, -0.2) is 32.7 Å². The van der Waals surface area contributed by atoms with Gasteiger partial charge < -0.3 is 9.47 Å². The molecular formula is C12H22O3. The Morgan fingerprint density at radius 2 is 1.93 bits per heavy atom. The number of carbonyl (C=O) groups excluding carboxylic acids is 1. The van der Waals surface area contributed by atoms with Gasteiger partial charge in [0.25, 0.3) is 0 Å². The SMILES string of the molecule is COC[C@H]1CCC[C@@H](COCC(C)=O)C1. The van der Waals surface area contributed by atoms with Crippen LogP contribution in [0, 0.1) is 11.8 Å². The van der Waals surface area contributed by atoms with Crippen LogP contribution in [-0.2, 0) is 14.3 Å². The molecule has 0 unspecified atom stereocenters. The van der Waals surface area contributed by atoms with Crippen LogP contribution in [0.15, 0.2) is 0 Å². The Hall–Kier alpha value is -0.410. The largest absolute Gasteiger partial charge is 0.384 e. The number of carbonyl (C=O) groups is 1. The first-order valence-corrected chi connectivity index (χ1v) is 5.78. The summed E-state index contributed by atoms with van der Waals surface area (Å²) in [6.07, 6.45) is 4.96. The summed E-state index contributed by atoms with van der Waals surface area (Å²) in [6, 6.07) is 0. The third kappa shape index (κ3) is 5.28. The molecule has 15 heavy (non-hydrogen) atoms. The van der Waals surface area contributed by atoms with Crippen molar-refractivity contribution in [3.05, 3.63) is 0 Å². The molecule has 0 amide bonds. The molecule has 1 aliphatic rings. The molecule has 0 aliphatic heterocycles. The fourth-order valence-electron chi connectivity index (χ4n) is 2.31. The Morgan fingerprint density at radius 1 is 1.27 bits per heavy atom. The smallest absolute Gasteiger partial charge is 0.155 e. The molecule has 0 heterocycles. The minimum Gasteiger partial charge on any atom is -0.384 e.